The Hall–Kier alpha value is -0.610. The molecule has 88 valence electrons. The normalized spacial score (nSPS) is 19.1. The van der Waals surface area contributed by atoms with E-state index in [1.54, 1.807) is 0 Å². The van der Waals surface area contributed by atoms with Crippen LogP contribution in [0.2, 0.25) is 0 Å². The minimum absolute atomic E-state index is 0.174. The van der Waals surface area contributed by atoms with Gasteiger partial charge in [0.15, 0.2) is 5.79 Å². The first kappa shape index (κ1) is 12.5. The average molecular weight is 216 g/mol. The van der Waals surface area contributed by atoms with Crippen molar-refractivity contribution in [1.29, 1.82) is 0 Å². The van der Waals surface area contributed by atoms with Crippen molar-refractivity contribution < 1.29 is 19.0 Å². The summed E-state index contributed by atoms with van der Waals surface area (Å²) in [5.41, 5.74) is 0. The molecule has 0 spiro atoms. The van der Waals surface area contributed by atoms with Crippen molar-refractivity contribution >= 4 is 5.97 Å². The third-order valence-electron chi connectivity index (χ3n) is 2.46. The molecule has 15 heavy (non-hydrogen) atoms. The van der Waals surface area contributed by atoms with Gasteiger partial charge in [0.1, 0.15) is 0 Å². The summed E-state index contributed by atoms with van der Waals surface area (Å²) >= 11 is 0. The van der Waals surface area contributed by atoms with Crippen molar-refractivity contribution in [1.82, 2.24) is 0 Å². The highest BCUT2D eigenvalue weighted by atomic mass is 16.7. The van der Waals surface area contributed by atoms with Crippen molar-refractivity contribution in [2.75, 3.05) is 19.8 Å². The summed E-state index contributed by atoms with van der Waals surface area (Å²) < 4.78 is 16.0. The molecular weight excluding hydrogens is 196 g/mol. The first-order valence-electron chi connectivity index (χ1n) is 5.66. The zero-order chi connectivity index (χ0) is 11.1. The van der Waals surface area contributed by atoms with Gasteiger partial charge < -0.3 is 14.2 Å². The van der Waals surface area contributed by atoms with Crippen LogP contribution in [0.1, 0.15) is 39.5 Å². The Morgan fingerprint density at radius 1 is 1.27 bits per heavy atom. The molecule has 0 atom stereocenters. The predicted octanol–water partition coefficient (Wildman–Crippen LogP) is 1.87. The smallest absolute Gasteiger partial charge is 0.305 e. The van der Waals surface area contributed by atoms with Crippen molar-refractivity contribution in [3.63, 3.8) is 0 Å². The topological polar surface area (TPSA) is 44.8 Å². The van der Waals surface area contributed by atoms with Gasteiger partial charge in [0.05, 0.1) is 26.2 Å². The second-order valence-corrected chi connectivity index (χ2v) is 3.66. The van der Waals surface area contributed by atoms with Gasteiger partial charge in [-0.2, -0.15) is 0 Å². The molecule has 1 rings (SSSR count). The lowest BCUT2D eigenvalue weighted by Crippen LogP contribution is -2.30. The van der Waals surface area contributed by atoms with Crippen LogP contribution in [0.5, 0.6) is 0 Å². The third-order valence-corrected chi connectivity index (χ3v) is 2.46. The fourth-order valence-electron chi connectivity index (χ4n) is 1.82. The summed E-state index contributed by atoms with van der Waals surface area (Å²) in [6, 6.07) is 0. The summed E-state index contributed by atoms with van der Waals surface area (Å²) in [4.78, 5) is 11.2. The highest BCUT2D eigenvalue weighted by Gasteiger charge is 2.35. The molecule has 0 saturated carbocycles. The van der Waals surface area contributed by atoms with Gasteiger partial charge in [-0.15, -0.1) is 0 Å². The van der Waals surface area contributed by atoms with E-state index in [4.69, 9.17) is 14.2 Å². The third kappa shape index (κ3) is 3.80. The van der Waals surface area contributed by atoms with Gasteiger partial charge in [0.25, 0.3) is 0 Å². The molecule has 1 fully saturated rings. The molecule has 0 bridgehead atoms. The van der Waals surface area contributed by atoms with E-state index in [-0.39, 0.29) is 5.97 Å². The first-order valence-corrected chi connectivity index (χ1v) is 5.66. The summed E-state index contributed by atoms with van der Waals surface area (Å²) in [5, 5.41) is 0. The van der Waals surface area contributed by atoms with Crippen LogP contribution in [0.25, 0.3) is 0 Å². The molecule has 0 aromatic carbocycles. The van der Waals surface area contributed by atoms with Gasteiger partial charge in [0, 0.05) is 12.8 Å². The van der Waals surface area contributed by atoms with E-state index in [9.17, 15) is 4.79 Å². The Morgan fingerprint density at radius 3 is 2.47 bits per heavy atom. The minimum Gasteiger partial charge on any atom is -0.466 e. The molecule has 0 N–H and O–H groups in total. The average Bonchev–Trinajstić information content (AvgIpc) is 2.65. The van der Waals surface area contributed by atoms with Crippen LogP contribution in [0, 0.1) is 0 Å². The summed E-state index contributed by atoms with van der Waals surface area (Å²) in [6.45, 7) is 5.58. The van der Waals surface area contributed by atoms with Gasteiger partial charge in [-0.05, 0) is 6.92 Å². The first-order chi connectivity index (χ1) is 7.22. The van der Waals surface area contributed by atoms with E-state index in [0.717, 1.165) is 12.8 Å². The molecule has 4 heteroatoms. The number of hydrogen-bond acceptors (Lipinski definition) is 4. The Balaban J connectivity index is 2.35. The van der Waals surface area contributed by atoms with Crippen LogP contribution in [0.15, 0.2) is 0 Å². The number of carbonyl (C=O) groups is 1. The molecule has 0 radical (unpaired) electrons. The maximum atomic E-state index is 11.2. The van der Waals surface area contributed by atoms with Crippen molar-refractivity contribution in [2.45, 2.75) is 45.3 Å². The highest BCUT2D eigenvalue weighted by molar-refractivity contribution is 5.69. The molecule has 1 aliphatic rings. The molecule has 0 aliphatic carbocycles. The lowest BCUT2D eigenvalue weighted by molar-refractivity contribution is -0.174. The number of ether oxygens (including phenoxy) is 3. The minimum atomic E-state index is -0.526. The van der Waals surface area contributed by atoms with Crippen LogP contribution in [-0.4, -0.2) is 31.6 Å². The fourth-order valence-corrected chi connectivity index (χ4v) is 1.82. The zero-order valence-electron chi connectivity index (χ0n) is 9.58. The van der Waals surface area contributed by atoms with E-state index in [2.05, 4.69) is 6.92 Å². The van der Waals surface area contributed by atoms with E-state index in [0.29, 0.717) is 32.7 Å². The molecule has 0 aromatic rings. The maximum Gasteiger partial charge on any atom is 0.305 e. The molecule has 0 aromatic heterocycles. The molecule has 0 amide bonds. The second-order valence-electron chi connectivity index (χ2n) is 3.66. The van der Waals surface area contributed by atoms with Crippen LogP contribution in [0.4, 0.5) is 0 Å². The Bertz CT molecular complexity index is 197. The number of carbonyl (C=O) groups excluding carboxylic acids is 1. The summed E-state index contributed by atoms with van der Waals surface area (Å²) in [5.74, 6) is -0.700. The molecule has 1 aliphatic heterocycles. The fraction of sp³-hybridized carbons (Fsp3) is 0.909. The maximum absolute atomic E-state index is 11.2. The second kappa shape index (κ2) is 6.08. The number of esters is 1. The number of rotatable bonds is 6. The Kier molecular flexibility index (Phi) is 5.05. The standard InChI is InChI=1S/C11H20O4/c1-3-6-11(14-8-9-15-11)7-5-10(12)13-4-2/h3-9H2,1-2H3. The van der Waals surface area contributed by atoms with Crippen LogP contribution in [0.3, 0.4) is 0 Å². The van der Waals surface area contributed by atoms with Gasteiger partial charge in [-0.3, -0.25) is 4.79 Å². The SMILES string of the molecule is CCCC1(CCC(=O)OCC)OCCO1. The quantitative estimate of drug-likeness (QED) is 0.636. The van der Waals surface area contributed by atoms with E-state index in [1.807, 2.05) is 6.92 Å². The van der Waals surface area contributed by atoms with Gasteiger partial charge >= 0.3 is 5.97 Å². The largest absolute Gasteiger partial charge is 0.466 e. The van der Waals surface area contributed by atoms with Gasteiger partial charge in [-0.25, -0.2) is 0 Å². The van der Waals surface area contributed by atoms with Crippen LogP contribution < -0.4 is 0 Å². The monoisotopic (exact) mass is 216 g/mol. The zero-order valence-corrected chi connectivity index (χ0v) is 9.58. The molecule has 4 nitrogen and oxygen atoms in total. The lowest BCUT2D eigenvalue weighted by atomic mass is 10.1. The van der Waals surface area contributed by atoms with Crippen molar-refractivity contribution in [3.8, 4) is 0 Å². The van der Waals surface area contributed by atoms with E-state index < -0.39 is 5.79 Å². The Labute approximate surface area is 90.9 Å². The lowest BCUT2D eigenvalue weighted by Gasteiger charge is -2.26. The molecule has 1 saturated heterocycles. The van der Waals surface area contributed by atoms with Gasteiger partial charge in [-0.1, -0.05) is 13.3 Å². The molecule has 0 unspecified atom stereocenters. The van der Waals surface area contributed by atoms with E-state index >= 15 is 0 Å². The van der Waals surface area contributed by atoms with E-state index in [1.165, 1.54) is 0 Å². The van der Waals surface area contributed by atoms with Crippen LogP contribution in [-0.2, 0) is 19.0 Å². The Morgan fingerprint density at radius 2 is 1.93 bits per heavy atom. The molecule has 1 heterocycles. The molecular formula is C11H20O4. The van der Waals surface area contributed by atoms with Crippen molar-refractivity contribution in [3.05, 3.63) is 0 Å². The summed E-state index contributed by atoms with van der Waals surface area (Å²) in [6.07, 6.45) is 2.79. The summed E-state index contributed by atoms with van der Waals surface area (Å²) in [7, 11) is 0. The van der Waals surface area contributed by atoms with Gasteiger partial charge in [0.2, 0.25) is 0 Å². The number of hydrogen-bond donors (Lipinski definition) is 0. The highest BCUT2D eigenvalue weighted by Crippen LogP contribution is 2.29. The van der Waals surface area contributed by atoms with Crippen molar-refractivity contribution in [2.24, 2.45) is 0 Å². The predicted molar refractivity (Wildman–Crippen MR) is 55.4 cm³/mol. The van der Waals surface area contributed by atoms with Crippen LogP contribution >= 0.6 is 0 Å².